The van der Waals surface area contributed by atoms with Crippen molar-refractivity contribution >= 4 is 21.6 Å². The highest BCUT2D eigenvalue weighted by molar-refractivity contribution is 7.89. The van der Waals surface area contributed by atoms with Gasteiger partial charge in [-0.25, -0.2) is 13.1 Å². The van der Waals surface area contributed by atoms with E-state index in [0.717, 1.165) is 18.4 Å². The summed E-state index contributed by atoms with van der Waals surface area (Å²) < 4.78 is 67.8. The van der Waals surface area contributed by atoms with Gasteiger partial charge in [0.25, 0.3) is 0 Å². The highest BCUT2D eigenvalue weighted by Gasteiger charge is 2.41. The van der Waals surface area contributed by atoms with Crippen LogP contribution in [0.4, 0.5) is 13.2 Å². The average Bonchev–Trinajstić information content (AvgIpc) is 3.41. The van der Waals surface area contributed by atoms with Crippen molar-refractivity contribution in [2.45, 2.75) is 62.6 Å². The van der Waals surface area contributed by atoms with Crippen molar-refractivity contribution in [1.29, 1.82) is 0 Å². The van der Waals surface area contributed by atoms with Gasteiger partial charge >= 0.3 is 6.18 Å². The van der Waals surface area contributed by atoms with Gasteiger partial charge in [-0.2, -0.15) is 18.3 Å². The van der Waals surface area contributed by atoms with Crippen molar-refractivity contribution in [2.24, 2.45) is 0 Å². The fourth-order valence-electron chi connectivity index (χ4n) is 3.10. The number of benzene rings is 1. The van der Waals surface area contributed by atoms with E-state index >= 15 is 0 Å². The monoisotopic (exact) mass is 449 g/mol. The van der Waals surface area contributed by atoms with Crippen LogP contribution in [0, 0.1) is 0 Å². The molecule has 10 heteroatoms. The van der Waals surface area contributed by atoms with Gasteiger partial charge in [0.05, 0.1) is 15.6 Å². The molecule has 0 amide bonds. The molecule has 5 nitrogen and oxygen atoms in total. The van der Waals surface area contributed by atoms with Crippen molar-refractivity contribution < 1.29 is 21.6 Å². The van der Waals surface area contributed by atoms with Crippen LogP contribution in [-0.4, -0.2) is 24.7 Å². The Morgan fingerprint density at radius 3 is 2.38 bits per heavy atom. The van der Waals surface area contributed by atoms with Crippen molar-refractivity contribution in [1.82, 2.24) is 14.5 Å². The molecule has 1 aliphatic carbocycles. The molecule has 0 atom stereocenters. The van der Waals surface area contributed by atoms with E-state index in [4.69, 9.17) is 11.6 Å². The first kappa shape index (κ1) is 22.1. The van der Waals surface area contributed by atoms with E-state index in [0.29, 0.717) is 18.0 Å². The summed E-state index contributed by atoms with van der Waals surface area (Å²) in [5.74, 6) is 0.283. The first-order chi connectivity index (χ1) is 13.5. The summed E-state index contributed by atoms with van der Waals surface area (Å²) in [5, 5.41) is 3.30. The first-order valence-corrected chi connectivity index (χ1v) is 11.3. The summed E-state index contributed by atoms with van der Waals surface area (Å²) in [4.78, 5) is 0.155. The van der Waals surface area contributed by atoms with Crippen LogP contribution in [0.15, 0.2) is 29.2 Å². The molecule has 3 rings (SSSR count). The molecule has 0 unspecified atom stereocenters. The maximum Gasteiger partial charge on any atom is 0.436 e. The van der Waals surface area contributed by atoms with E-state index in [-0.39, 0.29) is 28.9 Å². The number of hydrogen-bond donors (Lipinski definition) is 1. The molecule has 1 aliphatic rings. The molecule has 1 aromatic carbocycles. The molecular weight excluding hydrogens is 427 g/mol. The minimum absolute atomic E-state index is 0.0118. The third kappa shape index (κ3) is 5.13. The molecule has 1 fully saturated rings. The van der Waals surface area contributed by atoms with Crippen molar-refractivity contribution in [3.05, 3.63) is 46.2 Å². The number of aryl methyl sites for hydroxylation is 1. The number of nitrogens with zero attached hydrogens (tertiary/aromatic N) is 2. The van der Waals surface area contributed by atoms with Crippen molar-refractivity contribution in [3.8, 4) is 0 Å². The number of aromatic nitrogens is 2. The van der Waals surface area contributed by atoms with Crippen molar-refractivity contribution in [3.63, 3.8) is 0 Å². The third-order valence-corrected chi connectivity index (χ3v) is 6.71. The Morgan fingerprint density at radius 2 is 1.86 bits per heavy atom. The Balaban J connectivity index is 1.63. The Morgan fingerprint density at radius 1 is 1.24 bits per heavy atom. The zero-order valence-corrected chi connectivity index (χ0v) is 17.7. The van der Waals surface area contributed by atoms with E-state index in [1.54, 1.807) is 24.3 Å². The van der Waals surface area contributed by atoms with Crippen LogP contribution >= 0.6 is 11.6 Å². The first-order valence-electron chi connectivity index (χ1n) is 9.43. The predicted molar refractivity (Wildman–Crippen MR) is 105 cm³/mol. The lowest BCUT2D eigenvalue weighted by Gasteiger charge is -2.10. The molecule has 1 heterocycles. The van der Waals surface area contributed by atoms with Gasteiger partial charge in [0.2, 0.25) is 10.0 Å². The van der Waals surface area contributed by atoms with Gasteiger partial charge in [0, 0.05) is 19.0 Å². The van der Waals surface area contributed by atoms with Gasteiger partial charge in [-0.1, -0.05) is 37.6 Å². The van der Waals surface area contributed by atoms with E-state index in [9.17, 15) is 21.6 Å². The lowest BCUT2D eigenvalue weighted by Crippen LogP contribution is -2.26. The maximum atomic E-state index is 13.1. The standard InChI is InChI=1S/C19H23ClF3N3O2S/c1-12(2)13-6-8-15(9-7-13)29(27,28)24-10-3-11-26-17(14-4-5-14)16(20)18(25-26)19(21,22)23/h6-9,12,14,24H,3-5,10-11H2,1-2H3. The highest BCUT2D eigenvalue weighted by Crippen LogP contribution is 2.46. The average molecular weight is 450 g/mol. The molecule has 160 valence electrons. The lowest BCUT2D eigenvalue weighted by atomic mass is 10.0. The molecule has 1 saturated carbocycles. The smallest absolute Gasteiger partial charge is 0.267 e. The number of nitrogens with one attached hydrogen (secondary N) is 1. The van der Waals surface area contributed by atoms with E-state index in [2.05, 4.69) is 9.82 Å². The minimum atomic E-state index is -4.62. The number of halogens is 4. The Labute approximate surface area is 173 Å². The summed E-state index contributed by atoms with van der Waals surface area (Å²) in [6.45, 7) is 4.26. The van der Waals surface area contributed by atoms with Gasteiger partial charge in [-0.3, -0.25) is 4.68 Å². The molecule has 29 heavy (non-hydrogen) atoms. The molecule has 0 radical (unpaired) electrons. The zero-order chi connectivity index (χ0) is 21.4. The SMILES string of the molecule is CC(C)c1ccc(S(=O)(=O)NCCCn2nc(C(F)(F)F)c(Cl)c2C2CC2)cc1. The molecule has 2 aromatic rings. The van der Waals surface area contributed by atoms with Gasteiger partial charge in [0.1, 0.15) is 0 Å². The van der Waals surface area contributed by atoms with Gasteiger partial charge < -0.3 is 0 Å². The largest absolute Gasteiger partial charge is 0.436 e. The van der Waals surface area contributed by atoms with Crippen LogP contribution in [0.2, 0.25) is 5.02 Å². The van der Waals surface area contributed by atoms with Gasteiger partial charge in [0.15, 0.2) is 5.69 Å². The molecule has 0 bridgehead atoms. The highest BCUT2D eigenvalue weighted by atomic mass is 35.5. The summed E-state index contributed by atoms with van der Waals surface area (Å²) in [5.41, 5.74) is 0.352. The second-order valence-corrected chi connectivity index (χ2v) is 9.66. The number of rotatable bonds is 8. The summed E-state index contributed by atoms with van der Waals surface area (Å²) >= 11 is 5.93. The van der Waals surface area contributed by atoms with Crippen LogP contribution in [0.3, 0.4) is 0 Å². The predicted octanol–water partition coefficient (Wildman–Crippen LogP) is 4.92. The number of alkyl halides is 3. The topological polar surface area (TPSA) is 64.0 Å². The van der Waals surface area contributed by atoms with E-state index in [1.807, 2.05) is 13.8 Å². The van der Waals surface area contributed by atoms with Gasteiger partial charge in [-0.15, -0.1) is 0 Å². The second kappa shape index (κ2) is 8.28. The third-order valence-electron chi connectivity index (χ3n) is 4.86. The van der Waals surface area contributed by atoms with Crippen molar-refractivity contribution in [2.75, 3.05) is 6.54 Å². The number of hydrogen-bond acceptors (Lipinski definition) is 3. The van der Waals surface area contributed by atoms with E-state index in [1.165, 1.54) is 4.68 Å². The van der Waals surface area contributed by atoms with Crippen LogP contribution in [0.25, 0.3) is 0 Å². The fourth-order valence-corrected chi connectivity index (χ4v) is 4.57. The molecule has 1 aromatic heterocycles. The maximum absolute atomic E-state index is 13.1. The van der Waals surface area contributed by atoms with Crippen LogP contribution < -0.4 is 4.72 Å². The van der Waals surface area contributed by atoms with Crippen LogP contribution in [0.5, 0.6) is 0 Å². The Kier molecular flexibility index (Phi) is 6.31. The summed E-state index contributed by atoms with van der Waals surface area (Å²) in [6.07, 6.45) is -2.77. The Bertz CT molecular complexity index is 966. The molecular formula is C19H23ClF3N3O2S. The molecule has 0 aliphatic heterocycles. The second-order valence-electron chi connectivity index (χ2n) is 7.52. The fraction of sp³-hybridized carbons (Fsp3) is 0.526. The van der Waals surface area contributed by atoms with Crippen LogP contribution in [0.1, 0.15) is 61.9 Å². The van der Waals surface area contributed by atoms with E-state index < -0.39 is 21.9 Å². The van der Waals surface area contributed by atoms with Gasteiger partial charge in [-0.05, 0) is 42.9 Å². The summed E-state index contributed by atoms with van der Waals surface area (Å²) in [6, 6.07) is 6.63. The van der Waals surface area contributed by atoms with Crippen LogP contribution in [-0.2, 0) is 22.7 Å². The minimum Gasteiger partial charge on any atom is -0.267 e. The molecule has 0 saturated heterocycles. The lowest BCUT2D eigenvalue weighted by molar-refractivity contribution is -0.141. The summed E-state index contributed by atoms with van der Waals surface area (Å²) in [7, 11) is -3.68. The molecule has 0 spiro atoms. The quantitative estimate of drug-likeness (QED) is 0.581. The zero-order valence-electron chi connectivity index (χ0n) is 16.1. The Hall–Kier alpha value is -1.58. The number of sulfonamides is 1. The normalized spacial score (nSPS) is 15.3. The molecule has 1 N–H and O–H groups in total.